The minimum absolute atomic E-state index is 0.0727. The van der Waals surface area contributed by atoms with E-state index in [2.05, 4.69) is 38.2 Å². The van der Waals surface area contributed by atoms with Crippen LogP contribution in [0.2, 0.25) is 0 Å². The largest absolute Gasteiger partial charge is 0.352 e. The minimum atomic E-state index is 0.0727. The van der Waals surface area contributed by atoms with Crippen LogP contribution in [0.5, 0.6) is 0 Å². The van der Waals surface area contributed by atoms with Gasteiger partial charge in [0, 0.05) is 12.1 Å². The quantitative estimate of drug-likeness (QED) is 0.769. The molecule has 1 aromatic carbocycles. The Labute approximate surface area is 97.1 Å². The molecule has 86 valence electrons. The zero-order valence-electron chi connectivity index (χ0n) is 10.3. The Morgan fingerprint density at radius 3 is 2.75 bits per heavy atom. The van der Waals surface area contributed by atoms with E-state index in [1.54, 1.807) is 0 Å². The highest BCUT2D eigenvalue weighted by molar-refractivity contribution is 5.96. The van der Waals surface area contributed by atoms with E-state index >= 15 is 0 Å². The highest BCUT2D eigenvalue weighted by Gasteiger charge is 2.18. The Kier molecular flexibility index (Phi) is 2.75. The molecule has 0 spiro atoms. The number of rotatable bonds is 1. The van der Waals surface area contributed by atoms with E-state index in [9.17, 15) is 4.79 Å². The first-order valence-electron chi connectivity index (χ1n) is 5.86. The van der Waals surface area contributed by atoms with Gasteiger partial charge in [0.05, 0.1) is 0 Å². The van der Waals surface area contributed by atoms with Crippen molar-refractivity contribution in [3.8, 4) is 0 Å². The predicted molar refractivity (Wildman–Crippen MR) is 65.6 cm³/mol. The lowest BCUT2D eigenvalue weighted by Gasteiger charge is -2.21. The van der Waals surface area contributed by atoms with Gasteiger partial charge in [-0.25, -0.2) is 0 Å². The summed E-state index contributed by atoms with van der Waals surface area (Å²) in [7, 11) is 0. The van der Waals surface area contributed by atoms with Gasteiger partial charge in [0.15, 0.2) is 0 Å². The summed E-state index contributed by atoms with van der Waals surface area (Å²) in [4.78, 5) is 11.6. The van der Waals surface area contributed by atoms with Crippen LogP contribution in [0.4, 0.5) is 0 Å². The van der Waals surface area contributed by atoms with Crippen molar-refractivity contribution in [1.29, 1.82) is 0 Å². The lowest BCUT2D eigenvalue weighted by atomic mass is 9.86. The standard InChI is InChI=1S/C14H19NO/c1-14(2,3)9-10-4-5-12-11(8-10)6-7-15-13(12)16/h4-5,8H,6-7,9H2,1-3H3,(H,15,16). The molecule has 1 aliphatic rings. The van der Waals surface area contributed by atoms with Crippen molar-refractivity contribution in [3.63, 3.8) is 0 Å². The summed E-state index contributed by atoms with van der Waals surface area (Å²) in [6, 6.07) is 6.24. The Morgan fingerprint density at radius 2 is 2.06 bits per heavy atom. The third kappa shape index (κ3) is 2.43. The maximum atomic E-state index is 11.6. The predicted octanol–water partition coefficient (Wildman–Crippen LogP) is 2.56. The molecule has 2 rings (SSSR count). The average molecular weight is 217 g/mol. The normalized spacial score (nSPS) is 15.6. The van der Waals surface area contributed by atoms with Crippen LogP contribution in [-0.2, 0) is 12.8 Å². The molecule has 2 heteroatoms. The molecule has 0 saturated heterocycles. The van der Waals surface area contributed by atoms with Crippen molar-refractivity contribution in [2.45, 2.75) is 33.6 Å². The number of benzene rings is 1. The van der Waals surface area contributed by atoms with Crippen molar-refractivity contribution in [3.05, 3.63) is 34.9 Å². The molecule has 1 aromatic rings. The molecule has 0 unspecified atom stereocenters. The van der Waals surface area contributed by atoms with Gasteiger partial charge in [0.25, 0.3) is 5.91 Å². The highest BCUT2D eigenvalue weighted by Crippen LogP contribution is 2.23. The van der Waals surface area contributed by atoms with E-state index in [4.69, 9.17) is 0 Å². The molecule has 0 aromatic heterocycles. The van der Waals surface area contributed by atoms with Crippen molar-refractivity contribution in [2.24, 2.45) is 5.41 Å². The van der Waals surface area contributed by atoms with E-state index < -0.39 is 0 Å². The Balaban J connectivity index is 2.29. The number of carbonyl (C=O) groups excluding carboxylic acids is 1. The number of hydrogen-bond acceptors (Lipinski definition) is 1. The molecule has 2 nitrogen and oxygen atoms in total. The van der Waals surface area contributed by atoms with Gasteiger partial charge < -0.3 is 5.32 Å². The van der Waals surface area contributed by atoms with Crippen molar-refractivity contribution >= 4 is 5.91 Å². The second kappa shape index (κ2) is 3.93. The van der Waals surface area contributed by atoms with Gasteiger partial charge in [-0.2, -0.15) is 0 Å². The Morgan fingerprint density at radius 1 is 1.31 bits per heavy atom. The van der Waals surface area contributed by atoms with Crippen LogP contribution < -0.4 is 5.32 Å². The summed E-state index contributed by atoms with van der Waals surface area (Å²) in [5.74, 6) is 0.0727. The Bertz CT molecular complexity index is 415. The maximum absolute atomic E-state index is 11.6. The van der Waals surface area contributed by atoms with Crippen LogP contribution in [0.1, 0.15) is 42.3 Å². The van der Waals surface area contributed by atoms with Gasteiger partial charge in [0.2, 0.25) is 0 Å². The molecular weight excluding hydrogens is 198 g/mol. The fourth-order valence-electron chi connectivity index (χ4n) is 2.20. The van der Waals surface area contributed by atoms with Crippen LogP contribution in [-0.4, -0.2) is 12.5 Å². The molecule has 16 heavy (non-hydrogen) atoms. The number of hydrogen-bond donors (Lipinski definition) is 1. The molecule has 1 N–H and O–H groups in total. The fraction of sp³-hybridized carbons (Fsp3) is 0.500. The third-order valence-electron chi connectivity index (χ3n) is 2.83. The van der Waals surface area contributed by atoms with E-state index in [-0.39, 0.29) is 5.91 Å². The van der Waals surface area contributed by atoms with Crippen molar-refractivity contribution < 1.29 is 4.79 Å². The SMILES string of the molecule is CC(C)(C)Cc1ccc2c(c1)CCNC2=O. The van der Waals surface area contributed by atoms with E-state index in [0.29, 0.717) is 5.41 Å². The van der Waals surface area contributed by atoms with Gasteiger partial charge in [-0.05, 0) is 35.4 Å². The summed E-state index contributed by atoms with van der Waals surface area (Å²) in [5.41, 5.74) is 3.68. The molecular formula is C14H19NO. The maximum Gasteiger partial charge on any atom is 0.251 e. The van der Waals surface area contributed by atoms with Gasteiger partial charge in [-0.1, -0.05) is 32.9 Å². The van der Waals surface area contributed by atoms with Crippen molar-refractivity contribution in [1.82, 2.24) is 5.32 Å². The van der Waals surface area contributed by atoms with Gasteiger partial charge in [0.1, 0.15) is 0 Å². The zero-order valence-corrected chi connectivity index (χ0v) is 10.3. The molecule has 1 heterocycles. The first-order chi connectivity index (χ1) is 7.46. The highest BCUT2D eigenvalue weighted by atomic mass is 16.1. The summed E-state index contributed by atoms with van der Waals surface area (Å²) >= 11 is 0. The van der Waals surface area contributed by atoms with Crippen molar-refractivity contribution in [2.75, 3.05) is 6.54 Å². The summed E-state index contributed by atoms with van der Waals surface area (Å²) < 4.78 is 0. The molecule has 0 radical (unpaired) electrons. The van der Waals surface area contributed by atoms with Gasteiger partial charge in [-0.3, -0.25) is 4.79 Å². The van der Waals surface area contributed by atoms with E-state index in [1.165, 1.54) is 11.1 Å². The summed E-state index contributed by atoms with van der Waals surface area (Å²) in [6.45, 7) is 7.47. The van der Waals surface area contributed by atoms with Gasteiger partial charge >= 0.3 is 0 Å². The lowest BCUT2D eigenvalue weighted by Crippen LogP contribution is -2.31. The van der Waals surface area contributed by atoms with E-state index in [0.717, 1.165) is 24.9 Å². The van der Waals surface area contributed by atoms with Gasteiger partial charge in [-0.15, -0.1) is 0 Å². The van der Waals surface area contributed by atoms with Crippen LogP contribution in [0.25, 0.3) is 0 Å². The molecule has 1 amide bonds. The minimum Gasteiger partial charge on any atom is -0.352 e. The third-order valence-corrected chi connectivity index (χ3v) is 2.83. The summed E-state index contributed by atoms with van der Waals surface area (Å²) in [6.07, 6.45) is 2.01. The Hall–Kier alpha value is -1.31. The average Bonchev–Trinajstić information content (AvgIpc) is 2.15. The second-order valence-corrected chi connectivity index (χ2v) is 5.73. The fourth-order valence-corrected chi connectivity index (χ4v) is 2.20. The second-order valence-electron chi connectivity index (χ2n) is 5.73. The first-order valence-corrected chi connectivity index (χ1v) is 5.86. The molecule has 0 fully saturated rings. The molecule has 0 bridgehead atoms. The zero-order chi connectivity index (χ0) is 11.8. The number of carbonyl (C=O) groups is 1. The molecule has 1 aliphatic heterocycles. The smallest absolute Gasteiger partial charge is 0.251 e. The van der Waals surface area contributed by atoms with Crippen LogP contribution in [0, 0.1) is 5.41 Å². The number of nitrogens with one attached hydrogen (secondary N) is 1. The van der Waals surface area contributed by atoms with E-state index in [1.807, 2.05) is 6.07 Å². The lowest BCUT2D eigenvalue weighted by molar-refractivity contribution is 0.0946. The molecule has 0 atom stereocenters. The van der Waals surface area contributed by atoms with Crippen LogP contribution in [0.15, 0.2) is 18.2 Å². The summed E-state index contributed by atoms with van der Waals surface area (Å²) in [5, 5.41) is 2.87. The number of fused-ring (bicyclic) bond motifs is 1. The molecule has 0 saturated carbocycles. The molecule has 0 aliphatic carbocycles. The van der Waals surface area contributed by atoms with Crippen LogP contribution >= 0.6 is 0 Å². The number of amides is 1. The topological polar surface area (TPSA) is 29.1 Å². The van der Waals surface area contributed by atoms with Crippen LogP contribution in [0.3, 0.4) is 0 Å². The first kappa shape index (κ1) is 11.2. The monoisotopic (exact) mass is 217 g/mol.